The zero-order valence-electron chi connectivity index (χ0n) is 14.8. The molecule has 0 saturated heterocycles. The molecule has 134 valence electrons. The molecule has 5 nitrogen and oxygen atoms in total. The maximum absolute atomic E-state index is 13.2. The van der Waals surface area contributed by atoms with E-state index in [9.17, 15) is 9.18 Å². The van der Waals surface area contributed by atoms with Gasteiger partial charge in [0.15, 0.2) is 10.8 Å². The molecule has 0 aliphatic carbocycles. The Labute approximate surface area is 155 Å². The SMILES string of the molecule is CCN(C(=O)c1sc(-c2ncccn2)nc1C)[C@H](C)c1ccc(F)cc1. The molecule has 0 aliphatic heterocycles. The summed E-state index contributed by atoms with van der Waals surface area (Å²) in [5.41, 5.74) is 1.54. The molecule has 3 aromatic rings. The van der Waals surface area contributed by atoms with Gasteiger partial charge in [-0.05, 0) is 44.5 Å². The Morgan fingerprint density at radius 2 is 1.88 bits per heavy atom. The van der Waals surface area contributed by atoms with E-state index < -0.39 is 0 Å². The van der Waals surface area contributed by atoms with Crippen LogP contribution in [0.15, 0.2) is 42.7 Å². The number of carbonyl (C=O) groups is 1. The van der Waals surface area contributed by atoms with Crippen LogP contribution in [0.3, 0.4) is 0 Å². The summed E-state index contributed by atoms with van der Waals surface area (Å²) in [6.45, 7) is 6.21. The summed E-state index contributed by atoms with van der Waals surface area (Å²) in [7, 11) is 0. The van der Waals surface area contributed by atoms with E-state index in [1.807, 2.05) is 20.8 Å². The van der Waals surface area contributed by atoms with Crippen molar-refractivity contribution in [2.75, 3.05) is 6.54 Å². The molecular formula is C19H19FN4OS. The predicted octanol–water partition coefficient (Wildman–Crippen LogP) is 4.27. The second-order valence-electron chi connectivity index (χ2n) is 5.82. The lowest BCUT2D eigenvalue weighted by Crippen LogP contribution is -2.33. The van der Waals surface area contributed by atoms with Crippen LogP contribution in [0.2, 0.25) is 0 Å². The molecule has 7 heteroatoms. The van der Waals surface area contributed by atoms with E-state index in [0.717, 1.165) is 5.56 Å². The van der Waals surface area contributed by atoms with E-state index in [4.69, 9.17) is 0 Å². The molecule has 2 aromatic heterocycles. The summed E-state index contributed by atoms with van der Waals surface area (Å²) < 4.78 is 13.2. The van der Waals surface area contributed by atoms with Crippen molar-refractivity contribution in [1.82, 2.24) is 19.9 Å². The maximum atomic E-state index is 13.2. The van der Waals surface area contributed by atoms with Gasteiger partial charge in [0.25, 0.3) is 5.91 Å². The van der Waals surface area contributed by atoms with E-state index in [1.165, 1.54) is 23.5 Å². The third-order valence-electron chi connectivity index (χ3n) is 4.17. The van der Waals surface area contributed by atoms with Crippen LogP contribution in [0.1, 0.15) is 40.8 Å². The van der Waals surface area contributed by atoms with Crippen molar-refractivity contribution < 1.29 is 9.18 Å². The van der Waals surface area contributed by atoms with Crippen molar-refractivity contribution in [2.45, 2.75) is 26.8 Å². The first-order chi connectivity index (χ1) is 12.5. The highest BCUT2D eigenvalue weighted by Gasteiger charge is 2.26. The van der Waals surface area contributed by atoms with Crippen LogP contribution in [-0.2, 0) is 0 Å². The number of amides is 1. The number of carbonyl (C=O) groups excluding carboxylic acids is 1. The largest absolute Gasteiger partial charge is 0.331 e. The van der Waals surface area contributed by atoms with E-state index in [2.05, 4.69) is 15.0 Å². The van der Waals surface area contributed by atoms with Crippen LogP contribution in [0.25, 0.3) is 10.8 Å². The summed E-state index contributed by atoms with van der Waals surface area (Å²) in [4.78, 5) is 28.3. The van der Waals surface area contributed by atoms with Gasteiger partial charge in [0, 0.05) is 18.9 Å². The molecule has 0 fully saturated rings. The second-order valence-corrected chi connectivity index (χ2v) is 6.82. The smallest absolute Gasteiger partial charge is 0.266 e. The third kappa shape index (κ3) is 3.62. The number of thiazole rings is 1. The Morgan fingerprint density at radius 1 is 1.23 bits per heavy atom. The van der Waals surface area contributed by atoms with Crippen LogP contribution >= 0.6 is 11.3 Å². The first-order valence-corrected chi connectivity index (χ1v) is 9.14. The van der Waals surface area contributed by atoms with Crippen molar-refractivity contribution in [2.24, 2.45) is 0 Å². The third-order valence-corrected chi connectivity index (χ3v) is 5.31. The topological polar surface area (TPSA) is 59.0 Å². The van der Waals surface area contributed by atoms with Crippen LogP contribution in [0.5, 0.6) is 0 Å². The van der Waals surface area contributed by atoms with Gasteiger partial charge in [0.05, 0.1) is 11.7 Å². The lowest BCUT2D eigenvalue weighted by Gasteiger charge is -2.28. The highest BCUT2D eigenvalue weighted by molar-refractivity contribution is 7.17. The normalized spacial score (nSPS) is 12.0. The summed E-state index contributed by atoms with van der Waals surface area (Å²) >= 11 is 1.29. The number of aryl methyl sites for hydroxylation is 1. The molecule has 0 bridgehead atoms. The number of hydrogen-bond donors (Lipinski definition) is 0. The van der Waals surface area contributed by atoms with Gasteiger partial charge in [-0.1, -0.05) is 12.1 Å². The van der Waals surface area contributed by atoms with Crippen molar-refractivity contribution in [1.29, 1.82) is 0 Å². The van der Waals surface area contributed by atoms with E-state index in [1.54, 1.807) is 35.5 Å². The van der Waals surface area contributed by atoms with Crippen LogP contribution in [0, 0.1) is 12.7 Å². The summed E-state index contributed by atoms with van der Waals surface area (Å²) in [5.74, 6) is 0.122. The minimum Gasteiger partial charge on any atom is -0.331 e. The van der Waals surface area contributed by atoms with Gasteiger partial charge in [0.1, 0.15) is 10.7 Å². The van der Waals surface area contributed by atoms with Crippen LogP contribution in [-0.4, -0.2) is 32.3 Å². The van der Waals surface area contributed by atoms with Crippen LogP contribution in [0.4, 0.5) is 4.39 Å². The van der Waals surface area contributed by atoms with Gasteiger partial charge in [-0.25, -0.2) is 19.3 Å². The summed E-state index contributed by atoms with van der Waals surface area (Å²) in [6.07, 6.45) is 3.30. The average Bonchev–Trinajstić information content (AvgIpc) is 3.05. The molecule has 0 aliphatic rings. The fraction of sp³-hybridized carbons (Fsp3) is 0.263. The lowest BCUT2D eigenvalue weighted by molar-refractivity contribution is 0.0706. The molecule has 0 N–H and O–H groups in total. The van der Waals surface area contributed by atoms with E-state index in [-0.39, 0.29) is 17.8 Å². The molecule has 1 aromatic carbocycles. The fourth-order valence-corrected chi connectivity index (χ4v) is 3.72. The second kappa shape index (κ2) is 7.70. The fourth-order valence-electron chi connectivity index (χ4n) is 2.75. The summed E-state index contributed by atoms with van der Waals surface area (Å²) in [6, 6.07) is 7.79. The quantitative estimate of drug-likeness (QED) is 0.673. The molecule has 0 radical (unpaired) electrons. The van der Waals surface area contributed by atoms with Gasteiger partial charge >= 0.3 is 0 Å². The Morgan fingerprint density at radius 3 is 2.50 bits per heavy atom. The summed E-state index contributed by atoms with van der Waals surface area (Å²) in [5, 5.41) is 0.622. The van der Waals surface area contributed by atoms with Gasteiger partial charge in [-0.2, -0.15) is 0 Å². The molecule has 0 spiro atoms. The van der Waals surface area contributed by atoms with Crippen molar-refractivity contribution in [3.05, 3.63) is 64.7 Å². The number of halogens is 1. The molecule has 3 rings (SSSR count). The van der Waals surface area contributed by atoms with Gasteiger partial charge in [-0.3, -0.25) is 4.79 Å². The lowest BCUT2D eigenvalue weighted by atomic mass is 10.1. The number of rotatable bonds is 5. The molecule has 2 heterocycles. The zero-order chi connectivity index (χ0) is 18.7. The van der Waals surface area contributed by atoms with Gasteiger partial charge in [-0.15, -0.1) is 11.3 Å². The monoisotopic (exact) mass is 370 g/mol. The highest BCUT2D eigenvalue weighted by Crippen LogP contribution is 2.29. The molecule has 1 amide bonds. The standard InChI is InChI=1S/C19H19FN4OS/c1-4-24(13(3)14-6-8-15(20)9-7-14)19(25)16-12(2)23-18(26-16)17-21-10-5-11-22-17/h5-11,13H,4H2,1-3H3/t13-/m1/s1. The number of aromatic nitrogens is 3. The van der Waals surface area contributed by atoms with Crippen molar-refractivity contribution in [3.63, 3.8) is 0 Å². The minimum absolute atomic E-state index is 0.0958. The molecule has 26 heavy (non-hydrogen) atoms. The Balaban J connectivity index is 1.89. The Kier molecular flexibility index (Phi) is 5.37. The molecule has 1 atom stereocenters. The number of hydrogen-bond acceptors (Lipinski definition) is 5. The molecule has 0 saturated carbocycles. The average molecular weight is 370 g/mol. The highest BCUT2D eigenvalue weighted by atomic mass is 32.1. The van der Waals surface area contributed by atoms with Crippen LogP contribution < -0.4 is 0 Å². The van der Waals surface area contributed by atoms with Gasteiger partial charge < -0.3 is 4.90 Å². The predicted molar refractivity (Wildman–Crippen MR) is 99.4 cm³/mol. The van der Waals surface area contributed by atoms with E-state index in [0.29, 0.717) is 27.9 Å². The number of benzene rings is 1. The number of nitrogens with zero attached hydrogens (tertiary/aromatic N) is 4. The minimum atomic E-state index is -0.291. The van der Waals surface area contributed by atoms with Crippen molar-refractivity contribution in [3.8, 4) is 10.8 Å². The first-order valence-electron chi connectivity index (χ1n) is 8.32. The molecule has 0 unspecified atom stereocenters. The first kappa shape index (κ1) is 18.1. The van der Waals surface area contributed by atoms with E-state index >= 15 is 0 Å². The van der Waals surface area contributed by atoms with Gasteiger partial charge in [0.2, 0.25) is 0 Å². The Bertz CT molecular complexity index is 896. The zero-order valence-corrected chi connectivity index (χ0v) is 15.6. The van der Waals surface area contributed by atoms with Crippen molar-refractivity contribution >= 4 is 17.2 Å². The Hall–Kier alpha value is -2.67. The maximum Gasteiger partial charge on any atom is 0.266 e. The molecular weight excluding hydrogens is 351 g/mol.